The summed E-state index contributed by atoms with van der Waals surface area (Å²) >= 11 is 0. The summed E-state index contributed by atoms with van der Waals surface area (Å²) in [5, 5.41) is 0. The summed E-state index contributed by atoms with van der Waals surface area (Å²) in [4.78, 5) is 0. The Kier molecular flexibility index (Phi) is 5530. The number of rotatable bonds is 0. The smallest absolute Gasteiger partial charge is 1.00 e. The van der Waals surface area contributed by atoms with Crippen LogP contribution in [0.5, 0.6) is 0 Å². The third kappa shape index (κ3) is 23.7. The molecule has 4 heteroatoms. The minimum absolute atomic E-state index is 0. The molecule has 0 fully saturated rings. The molecule has 0 N–H and O–H groups in total. The second kappa shape index (κ2) is 93.4. The van der Waals surface area contributed by atoms with Crippen molar-refractivity contribution in [1.29, 1.82) is 0 Å². The van der Waals surface area contributed by atoms with E-state index in [1.807, 2.05) is 0 Å². The first kappa shape index (κ1) is 237. The van der Waals surface area contributed by atoms with E-state index in [9.17, 15) is 0 Å². The molecule has 0 amide bonds. The molecular formula is F3W-. The first-order chi connectivity index (χ1) is 0. The predicted molar refractivity (Wildman–Crippen MR) is 0 cm³/mol. The van der Waals surface area contributed by atoms with Gasteiger partial charge in [0.2, 0.25) is 0 Å². The third-order valence-electron chi connectivity index (χ3n) is 0. The fourth-order valence-electron chi connectivity index (χ4n) is 0. The predicted octanol–water partition coefficient (Wildman–Crippen LogP) is -8.99. The molecule has 0 nitrogen and oxygen atoms in total. The molecule has 0 saturated carbocycles. The van der Waals surface area contributed by atoms with Crippen molar-refractivity contribution in [3.63, 3.8) is 0 Å². The van der Waals surface area contributed by atoms with Crippen molar-refractivity contribution >= 4 is 0 Å². The molecule has 0 aliphatic rings. The van der Waals surface area contributed by atoms with Gasteiger partial charge in [0, 0.05) is 0 Å². The van der Waals surface area contributed by atoms with E-state index in [0.717, 1.165) is 0 Å². The Morgan fingerprint density at radius 3 is 0.500 bits per heavy atom. The van der Waals surface area contributed by atoms with Crippen molar-refractivity contribution in [3.05, 3.63) is 0 Å². The minimum Gasteiger partial charge on any atom is -1.00 e. The molecule has 0 unspecified atom stereocenters. The number of hydrogen-bond donors (Lipinski definition) is 0. The summed E-state index contributed by atoms with van der Waals surface area (Å²) in [7, 11) is 0. The summed E-state index contributed by atoms with van der Waals surface area (Å²) in [6.45, 7) is 0. The Morgan fingerprint density at radius 2 is 0.500 bits per heavy atom. The van der Waals surface area contributed by atoms with Gasteiger partial charge in [-0.15, -0.1) is 0 Å². The Morgan fingerprint density at radius 1 is 0.500 bits per heavy atom. The van der Waals surface area contributed by atoms with Crippen LogP contribution in [-0.2, 0) is 21.1 Å². The molecule has 28 valence electrons. The van der Waals surface area contributed by atoms with Gasteiger partial charge in [-0.1, -0.05) is 0 Å². The van der Waals surface area contributed by atoms with Gasteiger partial charge in [-0.25, -0.2) is 0 Å². The Hall–Kier alpha value is 0.478. The van der Waals surface area contributed by atoms with E-state index in [1.54, 1.807) is 0 Å². The molecule has 0 radical (unpaired) electrons. The van der Waals surface area contributed by atoms with Crippen molar-refractivity contribution in [2.45, 2.75) is 0 Å². The molecule has 0 aliphatic carbocycles. The van der Waals surface area contributed by atoms with Gasteiger partial charge < -0.3 is 14.1 Å². The second-order valence-corrected chi connectivity index (χ2v) is 0. The molecule has 0 aromatic carbocycles. The van der Waals surface area contributed by atoms with E-state index in [4.69, 9.17) is 0 Å². The van der Waals surface area contributed by atoms with E-state index in [0.29, 0.717) is 0 Å². The van der Waals surface area contributed by atoms with Crippen LogP contribution in [0.4, 0.5) is 0 Å². The molecule has 0 spiro atoms. The van der Waals surface area contributed by atoms with E-state index < -0.39 is 0 Å². The largest absolute Gasteiger partial charge is 2.00 e. The Bertz CT molecular complexity index is 3.25. The fraction of sp³-hybridized carbons (Fsp3) is 0. The van der Waals surface area contributed by atoms with E-state index >= 15 is 0 Å². The van der Waals surface area contributed by atoms with Crippen LogP contribution >= 0.6 is 0 Å². The van der Waals surface area contributed by atoms with Crippen molar-refractivity contribution in [3.8, 4) is 0 Å². The van der Waals surface area contributed by atoms with Gasteiger partial charge in [0.1, 0.15) is 0 Å². The van der Waals surface area contributed by atoms with Gasteiger partial charge in [-0.2, -0.15) is 0 Å². The van der Waals surface area contributed by atoms with Crippen LogP contribution in [0.25, 0.3) is 0 Å². The molecule has 0 aromatic rings. The average Bonchev–Trinajstić information content (AvgIpc) is 0. The van der Waals surface area contributed by atoms with Crippen LogP contribution in [-0.4, -0.2) is 0 Å². The van der Waals surface area contributed by atoms with Crippen molar-refractivity contribution in [2.75, 3.05) is 0 Å². The second-order valence-electron chi connectivity index (χ2n) is 0. The van der Waals surface area contributed by atoms with Gasteiger partial charge in [-0.3, -0.25) is 0 Å². The minimum atomic E-state index is 0. The molecule has 0 aromatic heterocycles. The molecular weight excluding hydrogens is 241 g/mol. The van der Waals surface area contributed by atoms with Gasteiger partial charge in [-0.05, 0) is 0 Å². The quantitative estimate of drug-likeness (QED) is 0.395. The molecule has 0 bridgehead atoms. The molecule has 4 heavy (non-hydrogen) atoms. The van der Waals surface area contributed by atoms with Crippen molar-refractivity contribution < 1.29 is 35.2 Å². The van der Waals surface area contributed by atoms with Crippen LogP contribution in [0, 0.1) is 0 Å². The van der Waals surface area contributed by atoms with Gasteiger partial charge in [0.15, 0.2) is 0 Å². The SMILES string of the molecule is [F-].[F-].[F-].[W+2]. The zero-order valence-corrected chi connectivity index (χ0v) is 4.48. The van der Waals surface area contributed by atoms with Crippen LogP contribution < -0.4 is 14.1 Å². The summed E-state index contributed by atoms with van der Waals surface area (Å²) in [6, 6.07) is 0. The standard InChI is InChI=1S/3FH.W/h3*1H;/q;;;+2/p-3. The Balaban J connectivity index is 0. The first-order valence-electron chi connectivity index (χ1n) is 0. The number of halogens is 3. The topological polar surface area (TPSA) is 0 Å². The van der Waals surface area contributed by atoms with Crippen LogP contribution in [0.1, 0.15) is 0 Å². The van der Waals surface area contributed by atoms with E-state index in [-0.39, 0.29) is 35.2 Å². The molecule has 0 aliphatic heterocycles. The van der Waals surface area contributed by atoms with Gasteiger partial charge >= 0.3 is 21.1 Å². The molecule has 0 heterocycles. The summed E-state index contributed by atoms with van der Waals surface area (Å²) in [5.41, 5.74) is 0. The molecule has 0 rings (SSSR count). The maximum absolute atomic E-state index is 0. The average molecular weight is 241 g/mol. The zero-order chi connectivity index (χ0) is 0. The fourth-order valence-corrected chi connectivity index (χ4v) is 0. The van der Waals surface area contributed by atoms with Crippen LogP contribution in [0.3, 0.4) is 0 Å². The van der Waals surface area contributed by atoms with E-state index in [2.05, 4.69) is 0 Å². The third-order valence-corrected chi connectivity index (χ3v) is 0. The number of hydrogen-bond acceptors (Lipinski definition) is 0. The summed E-state index contributed by atoms with van der Waals surface area (Å²) in [6.07, 6.45) is 0. The van der Waals surface area contributed by atoms with Crippen molar-refractivity contribution in [1.82, 2.24) is 0 Å². The van der Waals surface area contributed by atoms with Crippen molar-refractivity contribution in [2.24, 2.45) is 0 Å². The van der Waals surface area contributed by atoms with Crippen LogP contribution in [0.2, 0.25) is 0 Å². The zero-order valence-electron chi connectivity index (χ0n) is 1.54. The molecule has 0 atom stereocenters. The maximum atomic E-state index is 0. The van der Waals surface area contributed by atoms with Gasteiger partial charge in [0.25, 0.3) is 0 Å². The maximum Gasteiger partial charge on any atom is 2.00 e. The first-order valence-corrected chi connectivity index (χ1v) is 0. The summed E-state index contributed by atoms with van der Waals surface area (Å²) < 4.78 is 0. The normalized spacial score (nSPS) is 0. The molecule has 0 saturated heterocycles. The van der Waals surface area contributed by atoms with E-state index in [1.165, 1.54) is 0 Å². The summed E-state index contributed by atoms with van der Waals surface area (Å²) in [5.74, 6) is 0. The van der Waals surface area contributed by atoms with Crippen LogP contribution in [0.15, 0.2) is 0 Å². The monoisotopic (exact) mass is 241 g/mol. The van der Waals surface area contributed by atoms with Gasteiger partial charge in [0.05, 0.1) is 0 Å². The Labute approximate surface area is 35.9 Å².